The van der Waals surface area contributed by atoms with Gasteiger partial charge in [-0.2, -0.15) is 0 Å². The van der Waals surface area contributed by atoms with E-state index in [0.717, 1.165) is 36.7 Å². The normalized spacial score (nSPS) is 30.1. The maximum absolute atomic E-state index is 4.88. The molecule has 2 heterocycles. The van der Waals surface area contributed by atoms with E-state index >= 15 is 0 Å². The summed E-state index contributed by atoms with van der Waals surface area (Å²) in [7, 11) is 0. The topological polar surface area (TPSA) is 31.9 Å². The molecule has 2 fully saturated rings. The SMILES string of the molecule is Cc1ccccc1-c1nc2c([nH]1)CN(C1CC3CC3C1)CC2. The first-order valence-corrected chi connectivity index (χ1v) is 8.66. The Morgan fingerprint density at radius 3 is 2.77 bits per heavy atom. The fourth-order valence-corrected chi connectivity index (χ4v) is 4.57. The lowest BCUT2D eigenvalue weighted by Crippen LogP contribution is -2.38. The summed E-state index contributed by atoms with van der Waals surface area (Å²) in [6, 6.07) is 9.35. The van der Waals surface area contributed by atoms with Crippen LogP contribution in [0.3, 0.4) is 0 Å². The van der Waals surface area contributed by atoms with Crippen molar-refractivity contribution in [2.24, 2.45) is 11.8 Å². The van der Waals surface area contributed by atoms with Crippen LogP contribution in [0.5, 0.6) is 0 Å². The number of hydrogen-bond donors (Lipinski definition) is 1. The zero-order valence-electron chi connectivity index (χ0n) is 13.2. The number of aryl methyl sites for hydroxylation is 1. The highest BCUT2D eigenvalue weighted by molar-refractivity contribution is 5.60. The lowest BCUT2D eigenvalue weighted by Gasteiger charge is -2.32. The van der Waals surface area contributed by atoms with Crippen LogP contribution in [0.25, 0.3) is 11.4 Å². The van der Waals surface area contributed by atoms with E-state index in [-0.39, 0.29) is 0 Å². The number of imidazole rings is 1. The summed E-state index contributed by atoms with van der Waals surface area (Å²) in [6.45, 7) is 4.42. The molecule has 0 amide bonds. The maximum atomic E-state index is 4.88. The molecule has 3 nitrogen and oxygen atoms in total. The van der Waals surface area contributed by atoms with Gasteiger partial charge in [-0.05, 0) is 43.6 Å². The summed E-state index contributed by atoms with van der Waals surface area (Å²) in [5, 5.41) is 0. The summed E-state index contributed by atoms with van der Waals surface area (Å²) >= 11 is 0. The van der Waals surface area contributed by atoms with Crippen LogP contribution in [-0.2, 0) is 13.0 Å². The highest BCUT2D eigenvalue weighted by atomic mass is 15.2. The lowest BCUT2D eigenvalue weighted by molar-refractivity contribution is 0.167. The number of nitrogens with one attached hydrogen (secondary N) is 1. The highest BCUT2D eigenvalue weighted by Gasteiger charge is 2.47. The molecular weight excluding hydrogens is 270 g/mol. The van der Waals surface area contributed by atoms with Gasteiger partial charge in [0, 0.05) is 31.1 Å². The van der Waals surface area contributed by atoms with Crippen molar-refractivity contribution in [2.75, 3.05) is 6.54 Å². The molecule has 5 rings (SSSR count). The molecule has 0 spiro atoms. The van der Waals surface area contributed by atoms with Gasteiger partial charge in [-0.3, -0.25) is 4.90 Å². The fourth-order valence-electron chi connectivity index (χ4n) is 4.57. The molecule has 22 heavy (non-hydrogen) atoms. The van der Waals surface area contributed by atoms with Crippen LogP contribution >= 0.6 is 0 Å². The van der Waals surface area contributed by atoms with Crippen molar-refractivity contribution < 1.29 is 0 Å². The van der Waals surface area contributed by atoms with Crippen LogP contribution < -0.4 is 0 Å². The number of fused-ring (bicyclic) bond motifs is 2. The first-order chi connectivity index (χ1) is 10.8. The van der Waals surface area contributed by atoms with Crippen LogP contribution in [0.4, 0.5) is 0 Å². The zero-order chi connectivity index (χ0) is 14.7. The molecule has 1 aliphatic heterocycles. The van der Waals surface area contributed by atoms with Gasteiger partial charge in [-0.1, -0.05) is 24.3 Å². The minimum absolute atomic E-state index is 0.835. The average Bonchev–Trinajstić information content (AvgIpc) is 2.97. The Morgan fingerprint density at radius 2 is 1.95 bits per heavy atom. The Labute approximate surface area is 131 Å². The molecule has 2 atom stereocenters. The number of benzene rings is 1. The molecule has 1 aromatic heterocycles. The van der Waals surface area contributed by atoms with Gasteiger partial charge in [0.2, 0.25) is 0 Å². The van der Waals surface area contributed by atoms with Gasteiger partial charge in [0.25, 0.3) is 0 Å². The largest absolute Gasteiger partial charge is 0.341 e. The Bertz CT molecular complexity index is 707. The van der Waals surface area contributed by atoms with Crippen LogP contribution in [-0.4, -0.2) is 27.5 Å². The predicted molar refractivity (Wildman–Crippen MR) is 87.5 cm³/mol. The minimum Gasteiger partial charge on any atom is -0.341 e. The summed E-state index contributed by atoms with van der Waals surface area (Å²) < 4.78 is 0. The van der Waals surface area contributed by atoms with E-state index < -0.39 is 0 Å². The predicted octanol–water partition coefficient (Wildman–Crippen LogP) is 3.54. The number of aromatic nitrogens is 2. The summed E-state index contributed by atoms with van der Waals surface area (Å²) in [4.78, 5) is 11.2. The third-order valence-corrected chi connectivity index (χ3v) is 6.00. The molecule has 1 aromatic carbocycles. The van der Waals surface area contributed by atoms with Crippen molar-refractivity contribution in [2.45, 2.75) is 45.2 Å². The second-order valence-electron chi connectivity index (χ2n) is 7.43. The molecule has 3 aliphatic rings. The second-order valence-corrected chi connectivity index (χ2v) is 7.43. The van der Waals surface area contributed by atoms with Gasteiger partial charge < -0.3 is 4.98 Å². The van der Waals surface area contributed by atoms with Crippen molar-refractivity contribution >= 4 is 0 Å². The van der Waals surface area contributed by atoms with Crippen LogP contribution in [0.1, 0.15) is 36.2 Å². The van der Waals surface area contributed by atoms with Gasteiger partial charge >= 0.3 is 0 Å². The molecule has 1 N–H and O–H groups in total. The van der Waals surface area contributed by atoms with E-state index in [4.69, 9.17) is 4.98 Å². The Kier molecular flexibility index (Phi) is 2.75. The Balaban J connectivity index is 1.40. The van der Waals surface area contributed by atoms with E-state index in [2.05, 4.69) is 41.1 Å². The van der Waals surface area contributed by atoms with E-state index in [1.54, 1.807) is 0 Å². The first-order valence-electron chi connectivity index (χ1n) is 8.66. The molecule has 0 bridgehead atoms. The maximum Gasteiger partial charge on any atom is 0.138 e. The van der Waals surface area contributed by atoms with Crippen molar-refractivity contribution in [1.29, 1.82) is 0 Å². The Morgan fingerprint density at radius 1 is 1.14 bits per heavy atom. The smallest absolute Gasteiger partial charge is 0.138 e. The summed E-state index contributed by atoms with van der Waals surface area (Å²) in [6.07, 6.45) is 5.50. The molecule has 2 aliphatic carbocycles. The van der Waals surface area contributed by atoms with Crippen molar-refractivity contribution in [1.82, 2.24) is 14.9 Å². The second kappa shape index (κ2) is 4.69. The standard InChI is InChI=1S/C19H23N3/c1-12-4-2-3-5-16(12)19-20-17-6-7-22(11-18(17)21-19)15-9-13-8-14(13)10-15/h2-5,13-15H,6-11H2,1H3,(H,20,21). The zero-order valence-corrected chi connectivity index (χ0v) is 13.2. The molecule has 2 unspecified atom stereocenters. The number of nitrogens with zero attached hydrogens (tertiary/aromatic N) is 2. The molecule has 2 aromatic rings. The van der Waals surface area contributed by atoms with Crippen LogP contribution in [0.15, 0.2) is 24.3 Å². The van der Waals surface area contributed by atoms with E-state index in [1.807, 2.05) is 0 Å². The van der Waals surface area contributed by atoms with Crippen LogP contribution in [0.2, 0.25) is 0 Å². The van der Waals surface area contributed by atoms with Gasteiger partial charge in [0.15, 0.2) is 0 Å². The van der Waals surface area contributed by atoms with Gasteiger partial charge in [-0.15, -0.1) is 0 Å². The van der Waals surface area contributed by atoms with Crippen LogP contribution in [0, 0.1) is 18.8 Å². The molecule has 3 heteroatoms. The van der Waals surface area contributed by atoms with E-state index in [1.165, 1.54) is 48.3 Å². The van der Waals surface area contributed by atoms with E-state index in [9.17, 15) is 0 Å². The molecule has 114 valence electrons. The van der Waals surface area contributed by atoms with E-state index in [0.29, 0.717) is 0 Å². The molecule has 0 saturated heterocycles. The monoisotopic (exact) mass is 293 g/mol. The quantitative estimate of drug-likeness (QED) is 0.918. The minimum atomic E-state index is 0.835. The Hall–Kier alpha value is -1.61. The van der Waals surface area contributed by atoms with Gasteiger partial charge in [0.05, 0.1) is 11.4 Å². The van der Waals surface area contributed by atoms with Crippen molar-refractivity contribution in [3.8, 4) is 11.4 Å². The third kappa shape index (κ3) is 2.03. The van der Waals surface area contributed by atoms with Gasteiger partial charge in [-0.25, -0.2) is 4.98 Å². The summed E-state index contributed by atoms with van der Waals surface area (Å²) in [5.41, 5.74) is 5.18. The summed E-state index contributed by atoms with van der Waals surface area (Å²) in [5.74, 6) is 3.19. The fraction of sp³-hybridized carbons (Fsp3) is 0.526. The number of hydrogen-bond acceptors (Lipinski definition) is 2. The molecule has 2 saturated carbocycles. The van der Waals surface area contributed by atoms with Crippen molar-refractivity contribution in [3.63, 3.8) is 0 Å². The molecular formula is C19H23N3. The lowest BCUT2D eigenvalue weighted by atomic mass is 10.1. The highest BCUT2D eigenvalue weighted by Crippen LogP contribution is 2.53. The molecule has 0 radical (unpaired) electrons. The number of rotatable bonds is 2. The van der Waals surface area contributed by atoms with Crippen molar-refractivity contribution in [3.05, 3.63) is 41.2 Å². The average molecular weight is 293 g/mol. The number of H-pyrrole nitrogens is 1. The number of aromatic amines is 1. The van der Waals surface area contributed by atoms with Gasteiger partial charge in [0.1, 0.15) is 5.82 Å². The third-order valence-electron chi connectivity index (χ3n) is 6.00. The first kappa shape index (κ1) is 12.9.